The molecular weight excluding hydrogens is 366 g/mol. The minimum absolute atomic E-state index is 0.116. The topological polar surface area (TPSA) is 68.5 Å². The van der Waals surface area contributed by atoms with Gasteiger partial charge in [0.2, 0.25) is 17.6 Å². The lowest BCUT2D eigenvalue weighted by molar-refractivity contribution is -0.129. The number of benzene rings is 2. The summed E-state index contributed by atoms with van der Waals surface area (Å²) in [7, 11) is 0. The van der Waals surface area contributed by atoms with Crippen LogP contribution < -0.4 is 4.74 Å². The number of carbonyl (C=O) groups excluding carboxylic acids is 1. The second-order valence-corrected chi connectivity index (χ2v) is 7.75. The van der Waals surface area contributed by atoms with Crippen LogP contribution in [0.5, 0.6) is 5.75 Å². The predicted molar refractivity (Wildman–Crippen MR) is 109 cm³/mol. The van der Waals surface area contributed by atoms with Crippen molar-refractivity contribution in [1.82, 2.24) is 15.0 Å². The Kier molecular flexibility index (Phi) is 5.60. The van der Waals surface area contributed by atoms with Gasteiger partial charge in [0.05, 0.1) is 6.61 Å². The lowest BCUT2D eigenvalue weighted by atomic mass is 10.1. The second-order valence-electron chi connectivity index (χ2n) is 7.75. The molecule has 1 fully saturated rings. The summed E-state index contributed by atoms with van der Waals surface area (Å²) < 4.78 is 11.3. The van der Waals surface area contributed by atoms with Crippen molar-refractivity contribution in [2.75, 3.05) is 6.61 Å². The third-order valence-corrected chi connectivity index (χ3v) is 4.95. The number of likely N-dealkylation sites (tertiary alicyclic amines) is 1. The van der Waals surface area contributed by atoms with Crippen molar-refractivity contribution in [2.24, 2.45) is 5.92 Å². The van der Waals surface area contributed by atoms with E-state index in [-0.39, 0.29) is 11.9 Å². The van der Waals surface area contributed by atoms with Gasteiger partial charge in [0.1, 0.15) is 11.8 Å². The molecule has 0 spiro atoms. The fourth-order valence-corrected chi connectivity index (χ4v) is 3.42. The fraction of sp³-hybridized carbons (Fsp3) is 0.348. The Bertz CT molecular complexity index is 951. The van der Waals surface area contributed by atoms with Gasteiger partial charge in [0.25, 0.3) is 0 Å². The Balaban J connectivity index is 1.48. The van der Waals surface area contributed by atoms with E-state index in [1.54, 1.807) is 0 Å². The smallest absolute Gasteiger partial charge is 0.249 e. The van der Waals surface area contributed by atoms with Crippen LogP contribution in [0.25, 0.3) is 11.4 Å². The monoisotopic (exact) mass is 391 g/mol. The summed E-state index contributed by atoms with van der Waals surface area (Å²) in [5.74, 6) is 2.42. The first-order valence-electron chi connectivity index (χ1n) is 10.0. The van der Waals surface area contributed by atoms with E-state index in [1.165, 1.54) is 0 Å². The number of ether oxygens (including phenoxy) is 1. The summed E-state index contributed by atoms with van der Waals surface area (Å²) in [5, 5.41) is 4.14. The molecule has 1 unspecified atom stereocenters. The van der Waals surface area contributed by atoms with Crippen LogP contribution in [0, 0.1) is 5.92 Å². The van der Waals surface area contributed by atoms with Gasteiger partial charge in [-0.3, -0.25) is 4.79 Å². The summed E-state index contributed by atoms with van der Waals surface area (Å²) in [4.78, 5) is 18.8. The molecule has 1 aromatic heterocycles. The van der Waals surface area contributed by atoms with E-state index in [0.717, 1.165) is 16.9 Å². The molecule has 6 nitrogen and oxygen atoms in total. The highest BCUT2D eigenvalue weighted by atomic mass is 16.5. The molecule has 6 heteroatoms. The highest BCUT2D eigenvalue weighted by molar-refractivity contribution is 5.78. The number of hydrogen-bond acceptors (Lipinski definition) is 5. The molecule has 0 aliphatic carbocycles. The average molecular weight is 391 g/mol. The van der Waals surface area contributed by atoms with E-state index in [2.05, 4.69) is 24.0 Å². The number of amides is 1. The zero-order valence-electron chi connectivity index (χ0n) is 16.7. The lowest BCUT2D eigenvalue weighted by Gasteiger charge is -2.22. The maximum absolute atomic E-state index is 12.4. The third kappa shape index (κ3) is 4.47. The third-order valence-electron chi connectivity index (χ3n) is 4.95. The van der Waals surface area contributed by atoms with Crippen molar-refractivity contribution < 1.29 is 14.1 Å². The molecule has 3 aromatic rings. The van der Waals surface area contributed by atoms with Gasteiger partial charge in [-0.05, 0) is 42.2 Å². The number of rotatable bonds is 7. The van der Waals surface area contributed by atoms with Crippen LogP contribution in [-0.4, -0.2) is 27.6 Å². The number of aromatic nitrogens is 2. The van der Waals surface area contributed by atoms with Crippen LogP contribution in [0.15, 0.2) is 59.1 Å². The molecule has 1 saturated heterocycles. The maximum Gasteiger partial charge on any atom is 0.249 e. The van der Waals surface area contributed by atoms with E-state index >= 15 is 0 Å². The molecule has 1 aliphatic heterocycles. The molecular formula is C23H25N3O3. The first-order valence-corrected chi connectivity index (χ1v) is 10.0. The highest BCUT2D eigenvalue weighted by Crippen LogP contribution is 2.34. The van der Waals surface area contributed by atoms with Crippen molar-refractivity contribution in [1.29, 1.82) is 0 Å². The fourth-order valence-electron chi connectivity index (χ4n) is 3.42. The Hall–Kier alpha value is -3.15. The molecule has 2 heterocycles. The zero-order valence-corrected chi connectivity index (χ0v) is 16.7. The SMILES string of the molecule is CC(C)COc1ccc(-c2noc(C3CCC(=O)N3Cc3ccccc3)n2)cc1. The van der Waals surface area contributed by atoms with Gasteiger partial charge >= 0.3 is 0 Å². The first-order chi connectivity index (χ1) is 14.1. The van der Waals surface area contributed by atoms with Gasteiger partial charge in [0, 0.05) is 18.5 Å². The van der Waals surface area contributed by atoms with Crippen molar-refractivity contribution >= 4 is 5.91 Å². The second kappa shape index (κ2) is 8.47. The minimum Gasteiger partial charge on any atom is -0.493 e. The number of hydrogen-bond donors (Lipinski definition) is 0. The average Bonchev–Trinajstić information content (AvgIpc) is 3.35. The Labute approximate surface area is 170 Å². The summed E-state index contributed by atoms with van der Waals surface area (Å²) in [6, 6.07) is 17.4. The summed E-state index contributed by atoms with van der Waals surface area (Å²) in [6.07, 6.45) is 1.19. The molecule has 2 aromatic carbocycles. The summed E-state index contributed by atoms with van der Waals surface area (Å²) in [6.45, 7) is 5.46. The van der Waals surface area contributed by atoms with Crippen LogP contribution in [-0.2, 0) is 11.3 Å². The molecule has 1 atom stereocenters. The van der Waals surface area contributed by atoms with Gasteiger partial charge in [-0.1, -0.05) is 49.3 Å². The number of carbonyl (C=O) groups is 1. The van der Waals surface area contributed by atoms with E-state index < -0.39 is 0 Å². The van der Waals surface area contributed by atoms with E-state index in [4.69, 9.17) is 9.26 Å². The van der Waals surface area contributed by atoms with Crippen LogP contribution >= 0.6 is 0 Å². The molecule has 150 valence electrons. The molecule has 29 heavy (non-hydrogen) atoms. The van der Waals surface area contributed by atoms with Gasteiger partial charge in [-0.25, -0.2) is 0 Å². The molecule has 4 rings (SSSR count). The van der Waals surface area contributed by atoms with E-state index in [1.807, 2.05) is 59.5 Å². The van der Waals surface area contributed by atoms with Crippen LogP contribution in [0.1, 0.15) is 44.2 Å². The molecule has 0 radical (unpaired) electrons. The Morgan fingerprint density at radius 1 is 1.14 bits per heavy atom. The zero-order chi connectivity index (χ0) is 20.2. The molecule has 1 aliphatic rings. The first kappa shape index (κ1) is 19.2. The summed E-state index contributed by atoms with van der Waals surface area (Å²) >= 11 is 0. The van der Waals surface area contributed by atoms with Crippen molar-refractivity contribution in [3.05, 3.63) is 66.1 Å². The van der Waals surface area contributed by atoms with Crippen molar-refractivity contribution in [3.8, 4) is 17.1 Å². The minimum atomic E-state index is -0.183. The van der Waals surface area contributed by atoms with Crippen LogP contribution in [0.2, 0.25) is 0 Å². The quantitative estimate of drug-likeness (QED) is 0.587. The molecule has 0 bridgehead atoms. The van der Waals surface area contributed by atoms with Crippen LogP contribution in [0.3, 0.4) is 0 Å². The van der Waals surface area contributed by atoms with Crippen molar-refractivity contribution in [2.45, 2.75) is 39.3 Å². The van der Waals surface area contributed by atoms with Gasteiger partial charge in [-0.15, -0.1) is 0 Å². The Morgan fingerprint density at radius 2 is 1.90 bits per heavy atom. The van der Waals surface area contributed by atoms with Crippen LogP contribution in [0.4, 0.5) is 0 Å². The van der Waals surface area contributed by atoms with Gasteiger partial charge < -0.3 is 14.2 Å². The number of nitrogens with zero attached hydrogens (tertiary/aromatic N) is 3. The maximum atomic E-state index is 12.4. The van der Waals surface area contributed by atoms with Gasteiger partial charge in [-0.2, -0.15) is 4.98 Å². The predicted octanol–water partition coefficient (Wildman–Crippen LogP) is 4.64. The van der Waals surface area contributed by atoms with Crippen molar-refractivity contribution in [3.63, 3.8) is 0 Å². The molecule has 0 N–H and O–H groups in total. The standard InChI is InChI=1S/C23H25N3O3/c1-16(2)15-28-19-10-8-18(9-11-19)22-24-23(29-25-22)20-12-13-21(27)26(20)14-17-6-4-3-5-7-17/h3-11,16,20H,12-15H2,1-2H3. The normalized spacial score (nSPS) is 16.6. The highest BCUT2D eigenvalue weighted by Gasteiger charge is 2.35. The van der Waals surface area contributed by atoms with E-state index in [0.29, 0.717) is 43.6 Å². The largest absolute Gasteiger partial charge is 0.493 e. The molecule has 0 saturated carbocycles. The van der Waals surface area contributed by atoms with Gasteiger partial charge in [0.15, 0.2) is 0 Å². The van der Waals surface area contributed by atoms with E-state index in [9.17, 15) is 4.79 Å². The summed E-state index contributed by atoms with van der Waals surface area (Å²) in [5.41, 5.74) is 1.94. The Morgan fingerprint density at radius 3 is 2.62 bits per heavy atom. The lowest BCUT2D eigenvalue weighted by Crippen LogP contribution is -2.27. The molecule has 1 amide bonds.